The predicted molar refractivity (Wildman–Crippen MR) is 60.5 cm³/mol. The average molecular weight is 214 g/mol. The van der Waals surface area contributed by atoms with Crippen molar-refractivity contribution in [3.8, 4) is 11.1 Å². The van der Waals surface area contributed by atoms with Gasteiger partial charge in [0.05, 0.1) is 6.61 Å². The Morgan fingerprint density at radius 2 is 1.69 bits per heavy atom. The van der Waals surface area contributed by atoms with Crippen molar-refractivity contribution in [1.29, 1.82) is 0 Å². The number of epoxide rings is 1. The lowest BCUT2D eigenvalue weighted by atomic mass is 9.98. The van der Waals surface area contributed by atoms with Gasteiger partial charge in [0.2, 0.25) is 0 Å². The van der Waals surface area contributed by atoms with Crippen LogP contribution < -0.4 is 0 Å². The zero-order valence-corrected chi connectivity index (χ0v) is 8.69. The molecule has 0 radical (unpaired) electrons. The molecule has 80 valence electrons. The molecule has 1 aliphatic heterocycles. The minimum atomic E-state index is -0.205. The molecule has 1 aliphatic rings. The summed E-state index contributed by atoms with van der Waals surface area (Å²) < 4.78 is 18.2. The molecule has 3 rings (SSSR count). The number of benzene rings is 2. The van der Waals surface area contributed by atoms with Crippen molar-refractivity contribution >= 4 is 0 Å². The first-order valence-corrected chi connectivity index (χ1v) is 5.31. The van der Waals surface area contributed by atoms with E-state index >= 15 is 0 Å². The van der Waals surface area contributed by atoms with Gasteiger partial charge in [-0.3, -0.25) is 0 Å². The summed E-state index contributed by atoms with van der Waals surface area (Å²) in [5.74, 6) is -0.205. The van der Waals surface area contributed by atoms with Crippen molar-refractivity contribution < 1.29 is 9.13 Å². The van der Waals surface area contributed by atoms with E-state index in [1.54, 1.807) is 12.1 Å². The van der Waals surface area contributed by atoms with Gasteiger partial charge in [0, 0.05) is 0 Å². The second-order valence-electron chi connectivity index (χ2n) is 3.92. The van der Waals surface area contributed by atoms with Crippen LogP contribution in [0, 0.1) is 5.82 Å². The van der Waals surface area contributed by atoms with Gasteiger partial charge in [-0.05, 0) is 28.8 Å². The standard InChI is InChI=1S/C14H11FO/c15-11-7-5-10(6-8-11)12-3-1-2-4-13(12)14-9-16-14/h1-8,14H,9H2. The van der Waals surface area contributed by atoms with Crippen LogP contribution in [0.15, 0.2) is 48.5 Å². The zero-order valence-electron chi connectivity index (χ0n) is 8.69. The molecule has 2 aromatic rings. The summed E-state index contributed by atoms with van der Waals surface area (Å²) in [4.78, 5) is 0. The molecule has 1 saturated heterocycles. The lowest BCUT2D eigenvalue weighted by molar-refractivity contribution is 0.416. The van der Waals surface area contributed by atoms with E-state index in [1.165, 1.54) is 17.7 Å². The van der Waals surface area contributed by atoms with Crippen molar-refractivity contribution in [3.63, 3.8) is 0 Å². The molecule has 1 fully saturated rings. The van der Waals surface area contributed by atoms with E-state index in [0.717, 1.165) is 17.7 Å². The Kier molecular flexibility index (Phi) is 2.22. The van der Waals surface area contributed by atoms with Crippen LogP contribution >= 0.6 is 0 Å². The molecular weight excluding hydrogens is 203 g/mol. The smallest absolute Gasteiger partial charge is 0.123 e. The highest BCUT2D eigenvalue weighted by atomic mass is 19.1. The van der Waals surface area contributed by atoms with Crippen LogP contribution in [0.4, 0.5) is 4.39 Å². The maximum absolute atomic E-state index is 12.8. The normalized spacial score (nSPS) is 18.4. The summed E-state index contributed by atoms with van der Waals surface area (Å²) in [6.45, 7) is 0.790. The van der Waals surface area contributed by atoms with Crippen molar-refractivity contribution in [2.45, 2.75) is 6.10 Å². The van der Waals surface area contributed by atoms with E-state index in [0.29, 0.717) is 0 Å². The van der Waals surface area contributed by atoms with Gasteiger partial charge in [0.25, 0.3) is 0 Å². The maximum atomic E-state index is 12.8. The second-order valence-corrected chi connectivity index (χ2v) is 3.92. The van der Waals surface area contributed by atoms with Crippen LogP contribution in [-0.4, -0.2) is 6.61 Å². The van der Waals surface area contributed by atoms with E-state index in [1.807, 2.05) is 18.2 Å². The maximum Gasteiger partial charge on any atom is 0.123 e. The third-order valence-corrected chi connectivity index (χ3v) is 2.80. The summed E-state index contributed by atoms with van der Waals surface area (Å²) in [7, 11) is 0. The molecule has 0 bridgehead atoms. The SMILES string of the molecule is Fc1ccc(-c2ccccc2C2CO2)cc1. The monoisotopic (exact) mass is 214 g/mol. The van der Waals surface area contributed by atoms with Crippen LogP contribution in [0.3, 0.4) is 0 Å². The predicted octanol–water partition coefficient (Wildman–Crippen LogP) is 3.56. The van der Waals surface area contributed by atoms with E-state index < -0.39 is 0 Å². The Labute approximate surface area is 93.5 Å². The van der Waals surface area contributed by atoms with Crippen molar-refractivity contribution in [3.05, 3.63) is 59.9 Å². The topological polar surface area (TPSA) is 12.5 Å². The molecule has 16 heavy (non-hydrogen) atoms. The molecule has 0 aromatic heterocycles. The van der Waals surface area contributed by atoms with Gasteiger partial charge in [-0.1, -0.05) is 36.4 Å². The van der Waals surface area contributed by atoms with Crippen molar-refractivity contribution in [1.82, 2.24) is 0 Å². The van der Waals surface area contributed by atoms with E-state index in [2.05, 4.69) is 6.07 Å². The van der Waals surface area contributed by atoms with E-state index in [4.69, 9.17) is 4.74 Å². The second kappa shape index (κ2) is 3.72. The largest absolute Gasteiger partial charge is 0.368 e. The van der Waals surface area contributed by atoms with E-state index in [9.17, 15) is 4.39 Å². The van der Waals surface area contributed by atoms with Gasteiger partial charge in [-0.15, -0.1) is 0 Å². The minimum Gasteiger partial charge on any atom is -0.368 e. The van der Waals surface area contributed by atoms with Crippen LogP contribution in [0.2, 0.25) is 0 Å². The Balaban J connectivity index is 2.08. The van der Waals surface area contributed by atoms with Crippen molar-refractivity contribution in [2.75, 3.05) is 6.61 Å². The molecule has 1 atom stereocenters. The third kappa shape index (κ3) is 1.72. The number of ether oxygens (including phenoxy) is 1. The molecule has 1 unspecified atom stereocenters. The van der Waals surface area contributed by atoms with Gasteiger partial charge < -0.3 is 4.74 Å². The number of halogens is 1. The van der Waals surface area contributed by atoms with Gasteiger partial charge in [-0.2, -0.15) is 0 Å². The molecule has 2 aromatic carbocycles. The lowest BCUT2D eigenvalue weighted by Crippen LogP contribution is -1.87. The summed E-state index contributed by atoms with van der Waals surface area (Å²) in [5, 5.41) is 0. The van der Waals surface area contributed by atoms with E-state index in [-0.39, 0.29) is 11.9 Å². The highest BCUT2D eigenvalue weighted by Gasteiger charge is 2.27. The average Bonchev–Trinajstić information content (AvgIpc) is 3.14. The first-order valence-electron chi connectivity index (χ1n) is 5.31. The fraction of sp³-hybridized carbons (Fsp3) is 0.143. The Hall–Kier alpha value is -1.67. The first kappa shape index (κ1) is 9.55. The Morgan fingerprint density at radius 3 is 2.38 bits per heavy atom. The summed E-state index contributed by atoms with van der Waals surface area (Å²) in [6, 6.07) is 14.7. The molecular formula is C14H11FO. The first-order chi connectivity index (χ1) is 7.84. The highest BCUT2D eigenvalue weighted by molar-refractivity contribution is 5.68. The van der Waals surface area contributed by atoms with Gasteiger partial charge in [0.1, 0.15) is 11.9 Å². The van der Waals surface area contributed by atoms with Gasteiger partial charge >= 0.3 is 0 Å². The van der Waals surface area contributed by atoms with Crippen LogP contribution in [0.1, 0.15) is 11.7 Å². The molecule has 0 amide bonds. The quantitative estimate of drug-likeness (QED) is 0.696. The van der Waals surface area contributed by atoms with Crippen molar-refractivity contribution in [2.24, 2.45) is 0 Å². The molecule has 0 spiro atoms. The molecule has 0 N–H and O–H groups in total. The minimum absolute atomic E-state index is 0.205. The summed E-state index contributed by atoms with van der Waals surface area (Å²) in [6.07, 6.45) is 0.223. The fourth-order valence-electron chi connectivity index (χ4n) is 1.90. The highest BCUT2D eigenvalue weighted by Crippen LogP contribution is 2.36. The lowest BCUT2D eigenvalue weighted by Gasteiger charge is -2.07. The molecule has 1 heterocycles. The molecule has 0 saturated carbocycles. The van der Waals surface area contributed by atoms with Crippen LogP contribution in [-0.2, 0) is 4.74 Å². The molecule has 0 aliphatic carbocycles. The summed E-state index contributed by atoms with van der Waals surface area (Å²) >= 11 is 0. The summed E-state index contributed by atoms with van der Waals surface area (Å²) in [5.41, 5.74) is 3.35. The van der Waals surface area contributed by atoms with Crippen LogP contribution in [0.25, 0.3) is 11.1 Å². The van der Waals surface area contributed by atoms with Crippen LogP contribution in [0.5, 0.6) is 0 Å². The Bertz CT molecular complexity index is 500. The van der Waals surface area contributed by atoms with Gasteiger partial charge in [0.15, 0.2) is 0 Å². The number of hydrogen-bond donors (Lipinski definition) is 0. The zero-order chi connectivity index (χ0) is 11.0. The number of hydrogen-bond acceptors (Lipinski definition) is 1. The Morgan fingerprint density at radius 1 is 1.00 bits per heavy atom. The fourth-order valence-corrected chi connectivity index (χ4v) is 1.90. The molecule has 2 heteroatoms. The van der Waals surface area contributed by atoms with Gasteiger partial charge in [-0.25, -0.2) is 4.39 Å². The third-order valence-electron chi connectivity index (χ3n) is 2.80. The molecule has 1 nitrogen and oxygen atoms in total. The number of rotatable bonds is 2.